The van der Waals surface area contributed by atoms with Crippen LogP contribution in [0.5, 0.6) is 0 Å². The molecule has 2 aromatic carbocycles. The molecule has 0 saturated carbocycles. The van der Waals surface area contributed by atoms with Crippen molar-refractivity contribution >= 4 is 17.8 Å². The number of nitrogens with zero attached hydrogens (tertiary/aromatic N) is 2. The van der Waals surface area contributed by atoms with Gasteiger partial charge in [0.25, 0.3) is 5.91 Å². The Morgan fingerprint density at radius 2 is 1.40 bits per heavy atom. The predicted octanol–water partition coefficient (Wildman–Crippen LogP) is 3.14. The number of amides is 4. The average molecular weight is 405 g/mol. The number of benzene rings is 2. The monoisotopic (exact) mass is 405 g/mol. The molecule has 2 saturated heterocycles. The number of carbonyl (C=O) groups is 3. The van der Waals surface area contributed by atoms with Crippen LogP contribution in [0.3, 0.4) is 0 Å². The second kappa shape index (κ2) is 7.94. The number of urea groups is 1. The molecule has 2 aromatic rings. The van der Waals surface area contributed by atoms with Gasteiger partial charge in [0.1, 0.15) is 5.54 Å². The van der Waals surface area contributed by atoms with Gasteiger partial charge in [0.15, 0.2) is 0 Å². The highest BCUT2D eigenvalue weighted by molar-refractivity contribution is 6.07. The summed E-state index contributed by atoms with van der Waals surface area (Å²) in [4.78, 5) is 41.9. The molecule has 30 heavy (non-hydrogen) atoms. The van der Waals surface area contributed by atoms with Gasteiger partial charge in [-0.2, -0.15) is 0 Å². The van der Waals surface area contributed by atoms with Gasteiger partial charge in [-0.3, -0.25) is 14.5 Å². The number of nitrogens with one attached hydrogen (secondary N) is 1. The molecule has 0 unspecified atom stereocenters. The lowest BCUT2D eigenvalue weighted by atomic mass is 9.85. The lowest BCUT2D eigenvalue weighted by Gasteiger charge is -2.39. The maximum absolute atomic E-state index is 13.6. The van der Waals surface area contributed by atoms with Crippen LogP contribution >= 0.6 is 0 Å². The van der Waals surface area contributed by atoms with Crippen molar-refractivity contribution in [1.82, 2.24) is 15.1 Å². The van der Waals surface area contributed by atoms with E-state index in [9.17, 15) is 14.4 Å². The molecule has 2 aliphatic rings. The maximum atomic E-state index is 13.6. The molecule has 0 bridgehead atoms. The van der Waals surface area contributed by atoms with Crippen molar-refractivity contribution in [3.05, 3.63) is 71.8 Å². The molecular formula is C24H27N3O3. The van der Waals surface area contributed by atoms with Crippen LogP contribution in [0.4, 0.5) is 4.79 Å². The van der Waals surface area contributed by atoms with Gasteiger partial charge in [-0.25, -0.2) is 4.79 Å². The van der Waals surface area contributed by atoms with Crippen molar-refractivity contribution < 1.29 is 14.4 Å². The van der Waals surface area contributed by atoms with Crippen LogP contribution in [0, 0.1) is 0 Å². The molecule has 2 heterocycles. The summed E-state index contributed by atoms with van der Waals surface area (Å²) < 4.78 is 0. The molecule has 0 aliphatic carbocycles. The van der Waals surface area contributed by atoms with E-state index >= 15 is 0 Å². The van der Waals surface area contributed by atoms with E-state index < -0.39 is 5.54 Å². The Morgan fingerprint density at radius 3 is 1.83 bits per heavy atom. The summed E-state index contributed by atoms with van der Waals surface area (Å²) in [6.45, 7) is 4.54. The van der Waals surface area contributed by atoms with Crippen molar-refractivity contribution in [2.75, 3.05) is 13.1 Å². The molecule has 2 fully saturated rings. The average Bonchev–Trinajstić information content (AvgIpc) is 2.99. The SMILES string of the molecule is CC(C)N1C(=O)NC2(CCN(C(=O)C(c3ccccc3)c3ccccc3)CC2)C1=O. The third-order valence-corrected chi connectivity index (χ3v) is 6.15. The van der Waals surface area contributed by atoms with E-state index in [4.69, 9.17) is 0 Å². The molecule has 0 atom stereocenters. The Hall–Kier alpha value is -3.15. The second-order valence-corrected chi connectivity index (χ2v) is 8.36. The molecule has 4 amide bonds. The third-order valence-electron chi connectivity index (χ3n) is 6.15. The quantitative estimate of drug-likeness (QED) is 0.795. The Bertz CT molecular complexity index is 895. The van der Waals surface area contributed by atoms with Crippen molar-refractivity contribution in [3.63, 3.8) is 0 Å². The van der Waals surface area contributed by atoms with Gasteiger partial charge < -0.3 is 10.2 Å². The molecule has 2 aliphatic heterocycles. The molecule has 156 valence electrons. The highest BCUT2D eigenvalue weighted by atomic mass is 16.2. The number of carbonyl (C=O) groups excluding carboxylic acids is 3. The Morgan fingerprint density at radius 1 is 0.900 bits per heavy atom. The zero-order chi connectivity index (χ0) is 21.3. The van der Waals surface area contributed by atoms with Gasteiger partial charge in [0.2, 0.25) is 5.91 Å². The molecule has 6 heteroatoms. The first-order valence-electron chi connectivity index (χ1n) is 10.5. The van der Waals surface area contributed by atoms with E-state index in [1.54, 1.807) is 0 Å². The normalized spacial score (nSPS) is 18.4. The minimum atomic E-state index is -0.882. The Labute approximate surface area is 176 Å². The summed E-state index contributed by atoms with van der Waals surface area (Å²) in [6.07, 6.45) is 0.867. The number of rotatable bonds is 4. The number of imide groups is 1. The molecule has 0 aromatic heterocycles. The molecule has 1 spiro atoms. The second-order valence-electron chi connectivity index (χ2n) is 8.36. The molecule has 0 radical (unpaired) electrons. The summed E-state index contributed by atoms with van der Waals surface area (Å²) in [5, 5.41) is 2.90. The molecular weight excluding hydrogens is 378 g/mol. The topological polar surface area (TPSA) is 69.7 Å². The van der Waals surface area contributed by atoms with Gasteiger partial charge in [0.05, 0.1) is 5.92 Å². The van der Waals surface area contributed by atoms with Gasteiger partial charge in [0, 0.05) is 19.1 Å². The zero-order valence-corrected chi connectivity index (χ0v) is 17.4. The Kier molecular flexibility index (Phi) is 5.33. The summed E-state index contributed by atoms with van der Waals surface area (Å²) in [5.74, 6) is -0.528. The minimum absolute atomic E-state index is 0.0275. The fourth-order valence-electron chi connectivity index (χ4n) is 4.51. The lowest BCUT2D eigenvalue weighted by molar-refractivity contribution is -0.139. The van der Waals surface area contributed by atoms with Gasteiger partial charge >= 0.3 is 6.03 Å². The smallest absolute Gasteiger partial charge is 0.325 e. The van der Waals surface area contributed by atoms with Gasteiger partial charge in [-0.05, 0) is 37.8 Å². The van der Waals surface area contributed by atoms with Crippen molar-refractivity contribution in [1.29, 1.82) is 0 Å². The van der Waals surface area contributed by atoms with E-state index in [2.05, 4.69) is 5.32 Å². The summed E-state index contributed by atoms with van der Waals surface area (Å²) in [6, 6.07) is 19.0. The minimum Gasteiger partial charge on any atom is -0.342 e. The van der Waals surface area contributed by atoms with Crippen molar-refractivity contribution in [3.8, 4) is 0 Å². The van der Waals surface area contributed by atoms with Crippen LogP contribution in [0.1, 0.15) is 43.7 Å². The van der Waals surface area contributed by atoms with Crippen LogP contribution in [0.2, 0.25) is 0 Å². The highest BCUT2D eigenvalue weighted by Gasteiger charge is 2.53. The Balaban J connectivity index is 1.54. The predicted molar refractivity (Wildman–Crippen MR) is 114 cm³/mol. The number of likely N-dealkylation sites (tertiary alicyclic amines) is 1. The number of piperidine rings is 1. The van der Waals surface area contributed by atoms with Crippen LogP contribution < -0.4 is 5.32 Å². The summed E-state index contributed by atoms with van der Waals surface area (Å²) >= 11 is 0. The van der Waals surface area contributed by atoms with E-state index in [1.807, 2.05) is 79.4 Å². The van der Waals surface area contributed by atoms with Crippen molar-refractivity contribution in [2.24, 2.45) is 0 Å². The zero-order valence-electron chi connectivity index (χ0n) is 17.4. The lowest BCUT2D eigenvalue weighted by Crippen LogP contribution is -2.56. The van der Waals surface area contributed by atoms with Crippen molar-refractivity contribution in [2.45, 2.75) is 44.2 Å². The first-order valence-corrected chi connectivity index (χ1v) is 10.5. The van der Waals surface area contributed by atoms with Gasteiger partial charge in [-0.15, -0.1) is 0 Å². The maximum Gasteiger partial charge on any atom is 0.325 e. The fourth-order valence-corrected chi connectivity index (χ4v) is 4.51. The van der Waals surface area contributed by atoms with Crippen LogP contribution in [-0.2, 0) is 9.59 Å². The summed E-state index contributed by atoms with van der Waals surface area (Å²) in [5.41, 5.74) is 1.02. The number of hydrogen-bond acceptors (Lipinski definition) is 3. The molecule has 6 nitrogen and oxygen atoms in total. The standard InChI is InChI=1S/C24H27N3O3/c1-17(2)27-22(29)24(25-23(27)30)13-15-26(16-14-24)21(28)20(18-9-5-3-6-10-18)19-11-7-4-8-12-19/h3-12,17,20H,13-16H2,1-2H3,(H,25,30). The van der Waals surface area contributed by atoms with Crippen LogP contribution in [0.25, 0.3) is 0 Å². The fraction of sp³-hybridized carbons (Fsp3) is 0.375. The number of hydrogen-bond donors (Lipinski definition) is 1. The van der Waals surface area contributed by atoms with Crippen LogP contribution in [0.15, 0.2) is 60.7 Å². The highest BCUT2D eigenvalue weighted by Crippen LogP contribution is 2.33. The third kappa shape index (κ3) is 3.47. The van der Waals surface area contributed by atoms with E-state index in [1.165, 1.54) is 4.90 Å². The van der Waals surface area contributed by atoms with E-state index in [-0.39, 0.29) is 29.8 Å². The largest absolute Gasteiger partial charge is 0.342 e. The first kappa shape index (κ1) is 20.1. The summed E-state index contributed by atoms with van der Waals surface area (Å²) in [7, 11) is 0. The van der Waals surface area contributed by atoms with Gasteiger partial charge in [-0.1, -0.05) is 60.7 Å². The van der Waals surface area contributed by atoms with E-state index in [0.717, 1.165) is 11.1 Å². The van der Waals surface area contributed by atoms with Crippen LogP contribution in [-0.4, -0.2) is 52.3 Å². The van der Waals surface area contributed by atoms with E-state index in [0.29, 0.717) is 25.9 Å². The first-order chi connectivity index (χ1) is 14.4. The molecule has 4 rings (SSSR count). The molecule has 1 N–H and O–H groups in total.